The Morgan fingerprint density at radius 1 is 1.45 bits per heavy atom. The lowest BCUT2D eigenvalue weighted by molar-refractivity contribution is -0.133. The van der Waals surface area contributed by atoms with Gasteiger partial charge < -0.3 is 20.3 Å². The molecule has 2 aliphatic rings. The van der Waals surface area contributed by atoms with Gasteiger partial charge in [0.05, 0.1) is 23.8 Å². The highest BCUT2D eigenvalue weighted by Crippen LogP contribution is 2.33. The number of aldehydes is 1. The minimum absolute atomic E-state index is 0.184. The molecular weight excluding hydrogens is 394 g/mol. The summed E-state index contributed by atoms with van der Waals surface area (Å²) in [4.78, 5) is 54.3. The molecule has 2 fully saturated rings. The van der Waals surface area contributed by atoms with E-state index in [-0.39, 0.29) is 24.9 Å². The van der Waals surface area contributed by atoms with Crippen molar-refractivity contribution in [3.05, 3.63) is 16.1 Å². The lowest BCUT2D eigenvalue weighted by atomic mass is 10.1. The van der Waals surface area contributed by atoms with Gasteiger partial charge in [-0.1, -0.05) is 12.8 Å². The maximum atomic E-state index is 12.6. The molecule has 3 atom stereocenters. The second-order valence-corrected chi connectivity index (χ2v) is 8.72. The molecular formula is C19H23N5O4S. The minimum atomic E-state index is -0.738. The number of rotatable bonds is 8. The number of carbonyl (C=O) groups excluding carboxylic acids is 4. The molecule has 1 aromatic heterocycles. The van der Waals surface area contributed by atoms with Crippen LogP contribution in [0.4, 0.5) is 0 Å². The van der Waals surface area contributed by atoms with Crippen LogP contribution in [0, 0.1) is 30.1 Å². The van der Waals surface area contributed by atoms with Crippen molar-refractivity contribution in [2.75, 3.05) is 13.1 Å². The lowest BCUT2D eigenvalue weighted by Crippen LogP contribution is -2.50. The summed E-state index contributed by atoms with van der Waals surface area (Å²) < 4.78 is 0. The summed E-state index contributed by atoms with van der Waals surface area (Å²) in [6.45, 7) is 1.70. The Balaban J connectivity index is 1.57. The van der Waals surface area contributed by atoms with Gasteiger partial charge in [0, 0.05) is 12.5 Å². The summed E-state index contributed by atoms with van der Waals surface area (Å²) in [5, 5.41) is 15.3. The van der Waals surface area contributed by atoms with Gasteiger partial charge >= 0.3 is 0 Å². The third kappa shape index (κ3) is 5.38. The van der Waals surface area contributed by atoms with Gasteiger partial charge in [0.1, 0.15) is 23.2 Å². The highest BCUT2D eigenvalue weighted by Gasteiger charge is 2.36. The fourth-order valence-corrected chi connectivity index (χ4v) is 4.05. The summed E-state index contributed by atoms with van der Waals surface area (Å²) in [6, 6.07) is 0.623. The van der Waals surface area contributed by atoms with Gasteiger partial charge in [0.15, 0.2) is 0 Å². The Kier molecular flexibility index (Phi) is 6.59. The first-order chi connectivity index (χ1) is 13.9. The van der Waals surface area contributed by atoms with Gasteiger partial charge in [0.2, 0.25) is 11.8 Å². The minimum Gasteiger partial charge on any atom is -0.345 e. The molecule has 0 spiro atoms. The SMILES string of the molecule is Cc1ncc(C(=O)NC(CC2CC2)C(=O)NCC(=O)N2CC(C=O)CC2C#N)s1. The molecule has 0 aromatic carbocycles. The van der Waals surface area contributed by atoms with E-state index in [1.165, 1.54) is 22.4 Å². The Morgan fingerprint density at radius 2 is 2.21 bits per heavy atom. The third-order valence-electron chi connectivity index (χ3n) is 5.14. The van der Waals surface area contributed by atoms with Crippen LogP contribution in [0.1, 0.15) is 40.4 Å². The van der Waals surface area contributed by atoms with Crippen molar-refractivity contribution in [1.82, 2.24) is 20.5 Å². The quantitative estimate of drug-likeness (QED) is 0.589. The van der Waals surface area contributed by atoms with Gasteiger partial charge in [-0.2, -0.15) is 5.26 Å². The zero-order chi connectivity index (χ0) is 21.0. The second kappa shape index (κ2) is 9.13. The average Bonchev–Trinajstić information content (AvgIpc) is 3.25. The predicted molar refractivity (Wildman–Crippen MR) is 104 cm³/mol. The topological polar surface area (TPSA) is 132 Å². The molecule has 154 valence electrons. The number of hydrogen-bond donors (Lipinski definition) is 2. The fraction of sp³-hybridized carbons (Fsp3) is 0.579. The van der Waals surface area contributed by atoms with Crippen LogP contribution in [0.25, 0.3) is 0 Å². The summed E-state index contributed by atoms with van der Waals surface area (Å²) in [5.41, 5.74) is 0. The number of aryl methyl sites for hydroxylation is 1. The molecule has 9 nitrogen and oxygen atoms in total. The number of amides is 3. The number of likely N-dealkylation sites (tertiary alicyclic amines) is 1. The van der Waals surface area contributed by atoms with Crippen LogP contribution in [0.15, 0.2) is 6.20 Å². The van der Waals surface area contributed by atoms with Crippen LogP contribution in [0.5, 0.6) is 0 Å². The zero-order valence-electron chi connectivity index (χ0n) is 16.1. The van der Waals surface area contributed by atoms with Crippen LogP contribution < -0.4 is 10.6 Å². The van der Waals surface area contributed by atoms with E-state index in [9.17, 15) is 24.4 Å². The van der Waals surface area contributed by atoms with Crippen molar-refractivity contribution in [3.8, 4) is 6.07 Å². The zero-order valence-corrected chi connectivity index (χ0v) is 16.9. The van der Waals surface area contributed by atoms with Gasteiger partial charge in [0.25, 0.3) is 5.91 Å². The van der Waals surface area contributed by atoms with Crippen LogP contribution in [-0.4, -0.2) is 59.1 Å². The number of thiazole rings is 1. The molecule has 3 amide bonds. The number of aromatic nitrogens is 1. The van der Waals surface area contributed by atoms with E-state index in [4.69, 9.17) is 0 Å². The molecule has 10 heteroatoms. The first kappa shape index (κ1) is 20.9. The molecule has 3 rings (SSSR count). The van der Waals surface area contributed by atoms with E-state index < -0.39 is 23.9 Å². The Labute approximate surface area is 172 Å². The molecule has 0 radical (unpaired) electrons. The van der Waals surface area contributed by atoms with E-state index in [0.717, 1.165) is 24.1 Å². The highest BCUT2D eigenvalue weighted by atomic mass is 32.1. The molecule has 1 saturated carbocycles. The van der Waals surface area contributed by atoms with Crippen LogP contribution in [-0.2, 0) is 14.4 Å². The molecule has 2 N–H and O–H groups in total. The summed E-state index contributed by atoms with van der Waals surface area (Å²) in [5.74, 6) is -1.17. The molecule has 1 saturated heterocycles. The number of nitriles is 1. The van der Waals surface area contributed by atoms with Crippen molar-refractivity contribution < 1.29 is 19.2 Å². The molecule has 0 bridgehead atoms. The summed E-state index contributed by atoms with van der Waals surface area (Å²) in [7, 11) is 0. The first-order valence-electron chi connectivity index (χ1n) is 9.56. The molecule has 1 aliphatic carbocycles. The normalized spacial score (nSPS) is 21.9. The number of nitrogens with one attached hydrogen (secondary N) is 2. The van der Waals surface area contributed by atoms with Crippen LogP contribution >= 0.6 is 11.3 Å². The van der Waals surface area contributed by atoms with Gasteiger partial charge in [-0.15, -0.1) is 11.3 Å². The van der Waals surface area contributed by atoms with Crippen molar-refractivity contribution >= 4 is 35.3 Å². The Bertz CT molecular complexity index is 844. The van der Waals surface area contributed by atoms with E-state index in [2.05, 4.69) is 15.6 Å². The third-order valence-corrected chi connectivity index (χ3v) is 6.05. The largest absolute Gasteiger partial charge is 0.345 e. The number of hydrogen-bond acceptors (Lipinski definition) is 7. The lowest BCUT2D eigenvalue weighted by Gasteiger charge is -2.21. The maximum absolute atomic E-state index is 12.6. The van der Waals surface area contributed by atoms with Crippen molar-refractivity contribution in [1.29, 1.82) is 5.26 Å². The first-order valence-corrected chi connectivity index (χ1v) is 10.4. The standard InChI is InChI=1S/C19H23N5O4S/c1-11-21-7-16(29-11)19(28)23-15(5-12-2-3-12)18(27)22-8-17(26)24-9-13(10-25)4-14(24)6-20/h7,10,12-15H,2-5,8-9H2,1H3,(H,22,27)(H,23,28). The summed E-state index contributed by atoms with van der Waals surface area (Å²) >= 11 is 1.25. The Hall–Kier alpha value is -2.80. The van der Waals surface area contributed by atoms with Gasteiger partial charge in [-0.05, 0) is 25.7 Å². The van der Waals surface area contributed by atoms with Crippen molar-refractivity contribution in [2.24, 2.45) is 11.8 Å². The number of carbonyl (C=O) groups is 4. The summed E-state index contributed by atoms with van der Waals surface area (Å²) in [6.07, 6.45) is 5.09. The smallest absolute Gasteiger partial charge is 0.263 e. The predicted octanol–water partition coefficient (Wildman–Crippen LogP) is 0.406. The van der Waals surface area contributed by atoms with Gasteiger partial charge in [-0.25, -0.2) is 4.98 Å². The maximum Gasteiger partial charge on any atom is 0.263 e. The molecule has 3 unspecified atom stereocenters. The Morgan fingerprint density at radius 3 is 2.79 bits per heavy atom. The van der Waals surface area contributed by atoms with E-state index in [1.54, 1.807) is 6.92 Å². The van der Waals surface area contributed by atoms with Crippen molar-refractivity contribution in [3.63, 3.8) is 0 Å². The van der Waals surface area contributed by atoms with Crippen molar-refractivity contribution in [2.45, 2.75) is 44.7 Å². The molecule has 1 aromatic rings. The van der Waals surface area contributed by atoms with E-state index in [1.807, 2.05) is 6.07 Å². The van der Waals surface area contributed by atoms with Gasteiger partial charge in [-0.3, -0.25) is 14.4 Å². The van der Waals surface area contributed by atoms with Crippen LogP contribution in [0.2, 0.25) is 0 Å². The van der Waals surface area contributed by atoms with E-state index >= 15 is 0 Å². The molecule has 1 aliphatic heterocycles. The van der Waals surface area contributed by atoms with E-state index in [0.29, 0.717) is 23.6 Å². The molecule has 2 heterocycles. The van der Waals surface area contributed by atoms with Crippen LogP contribution in [0.3, 0.4) is 0 Å². The monoisotopic (exact) mass is 417 g/mol. The second-order valence-electron chi connectivity index (χ2n) is 7.49. The number of nitrogens with zero attached hydrogens (tertiary/aromatic N) is 3. The fourth-order valence-electron chi connectivity index (χ4n) is 3.37. The molecule has 29 heavy (non-hydrogen) atoms. The average molecular weight is 417 g/mol. The highest BCUT2D eigenvalue weighted by molar-refractivity contribution is 7.13.